The van der Waals surface area contributed by atoms with Crippen molar-refractivity contribution in [1.82, 2.24) is 19.9 Å². The summed E-state index contributed by atoms with van der Waals surface area (Å²) in [7, 11) is 1.67. The van der Waals surface area contributed by atoms with Gasteiger partial charge in [-0.3, -0.25) is 0 Å². The van der Waals surface area contributed by atoms with E-state index in [9.17, 15) is 0 Å². The molecule has 1 fully saturated rings. The van der Waals surface area contributed by atoms with Gasteiger partial charge in [-0.2, -0.15) is 0 Å². The van der Waals surface area contributed by atoms with Crippen molar-refractivity contribution in [2.45, 2.75) is 55.6 Å². The van der Waals surface area contributed by atoms with Crippen LogP contribution in [0.2, 0.25) is 5.02 Å². The van der Waals surface area contributed by atoms with Crippen LogP contribution in [-0.4, -0.2) is 52.8 Å². The number of methoxy groups -OCH3 is 1. The van der Waals surface area contributed by atoms with E-state index in [0.717, 1.165) is 82.9 Å². The Balaban J connectivity index is 1.21. The number of rotatable bonds is 10. The zero-order valence-electron chi connectivity index (χ0n) is 22.1. The van der Waals surface area contributed by atoms with Crippen molar-refractivity contribution in [3.63, 3.8) is 0 Å². The molecule has 1 aliphatic rings. The molecule has 0 radical (unpaired) electrons. The molecule has 0 aliphatic carbocycles. The summed E-state index contributed by atoms with van der Waals surface area (Å²) in [6, 6.07) is 12.0. The van der Waals surface area contributed by atoms with Crippen molar-refractivity contribution in [2.75, 3.05) is 31.7 Å². The SMILES string of the molecule is CCO[C@@H](C)CC1CCN(c2cnc(Sc3ccc4[nH]c(Cc5cccc(OC)c5)nc4c3Cl)cn2)CC1. The first-order valence-corrected chi connectivity index (χ1v) is 14.4. The molecule has 9 heteroatoms. The van der Waals surface area contributed by atoms with Gasteiger partial charge in [0.1, 0.15) is 27.9 Å². The predicted molar refractivity (Wildman–Crippen MR) is 154 cm³/mol. The fourth-order valence-corrected chi connectivity index (χ4v) is 6.15. The molecule has 2 aromatic heterocycles. The Hall–Kier alpha value is -2.81. The predicted octanol–water partition coefficient (Wildman–Crippen LogP) is 6.79. The number of fused-ring (bicyclic) bond motifs is 1. The number of benzene rings is 2. The molecule has 200 valence electrons. The fraction of sp³-hybridized carbons (Fsp3) is 0.414. The number of aromatic nitrogens is 4. The number of piperidine rings is 1. The molecular weight excluding hydrogens is 518 g/mol. The third-order valence-electron chi connectivity index (χ3n) is 7.00. The van der Waals surface area contributed by atoms with Gasteiger partial charge < -0.3 is 19.4 Å². The van der Waals surface area contributed by atoms with E-state index in [1.807, 2.05) is 42.7 Å². The van der Waals surface area contributed by atoms with Gasteiger partial charge in [-0.15, -0.1) is 0 Å². The normalized spacial score (nSPS) is 15.2. The molecular formula is C29H34ClN5O2S. The molecule has 1 saturated heterocycles. The van der Waals surface area contributed by atoms with Gasteiger partial charge in [-0.05, 0) is 68.9 Å². The molecule has 2 aromatic carbocycles. The second-order valence-corrected chi connectivity index (χ2v) is 11.2. The zero-order valence-corrected chi connectivity index (χ0v) is 23.7. The lowest BCUT2D eigenvalue weighted by atomic mass is 9.91. The summed E-state index contributed by atoms with van der Waals surface area (Å²) in [5.41, 5.74) is 2.80. The van der Waals surface area contributed by atoms with Crippen LogP contribution in [0.5, 0.6) is 5.75 Å². The smallest absolute Gasteiger partial charge is 0.147 e. The first-order chi connectivity index (χ1) is 18.5. The second kappa shape index (κ2) is 12.4. The third kappa shape index (κ3) is 6.42. The average molecular weight is 552 g/mol. The standard InChI is InChI=1S/C29H34ClN5O2S/c1-4-37-19(2)14-20-10-12-35(13-11-20)26-17-32-27(18-31-26)38-24-9-8-23-29(28(24)30)34-25(33-23)16-21-6-5-7-22(15-21)36-3/h5-9,15,17-20H,4,10-14,16H2,1-3H3,(H,33,34)/t19-/m0/s1. The van der Waals surface area contributed by atoms with Crippen molar-refractivity contribution >= 4 is 40.2 Å². The zero-order chi connectivity index (χ0) is 26.5. The van der Waals surface area contributed by atoms with Crippen LogP contribution in [0.25, 0.3) is 11.0 Å². The lowest BCUT2D eigenvalue weighted by molar-refractivity contribution is 0.0547. The highest BCUT2D eigenvalue weighted by molar-refractivity contribution is 7.99. The molecule has 0 saturated carbocycles. The summed E-state index contributed by atoms with van der Waals surface area (Å²) in [4.78, 5) is 20.8. The van der Waals surface area contributed by atoms with Crippen LogP contribution in [0.1, 0.15) is 44.5 Å². The average Bonchev–Trinajstić information content (AvgIpc) is 3.35. The monoisotopic (exact) mass is 551 g/mol. The first kappa shape index (κ1) is 26.8. The number of hydrogen-bond donors (Lipinski definition) is 1. The highest BCUT2D eigenvalue weighted by Gasteiger charge is 2.22. The van der Waals surface area contributed by atoms with Gasteiger partial charge in [0.2, 0.25) is 0 Å². The van der Waals surface area contributed by atoms with Crippen molar-refractivity contribution in [1.29, 1.82) is 0 Å². The van der Waals surface area contributed by atoms with Crippen LogP contribution in [0, 0.1) is 5.92 Å². The van der Waals surface area contributed by atoms with Crippen LogP contribution in [0.4, 0.5) is 5.82 Å². The van der Waals surface area contributed by atoms with E-state index in [0.29, 0.717) is 23.5 Å². The minimum atomic E-state index is 0.333. The summed E-state index contributed by atoms with van der Waals surface area (Å²) in [6.45, 7) is 7.03. The minimum Gasteiger partial charge on any atom is -0.497 e. The molecule has 1 N–H and O–H groups in total. The summed E-state index contributed by atoms with van der Waals surface area (Å²) < 4.78 is 11.1. The van der Waals surface area contributed by atoms with Crippen LogP contribution < -0.4 is 9.64 Å². The number of nitrogens with one attached hydrogen (secondary N) is 1. The van der Waals surface area contributed by atoms with E-state index in [1.54, 1.807) is 7.11 Å². The van der Waals surface area contributed by atoms with Gasteiger partial charge >= 0.3 is 0 Å². The number of ether oxygens (including phenoxy) is 2. The van der Waals surface area contributed by atoms with Crippen molar-refractivity contribution < 1.29 is 9.47 Å². The molecule has 3 heterocycles. The molecule has 1 aliphatic heterocycles. The summed E-state index contributed by atoms with van der Waals surface area (Å²) in [5, 5.41) is 1.43. The summed E-state index contributed by atoms with van der Waals surface area (Å²) >= 11 is 8.30. The molecule has 7 nitrogen and oxygen atoms in total. The fourth-order valence-electron chi connectivity index (χ4n) is 5.07. The third-order valence-corrected chi connectivity index (χ3v) is 8.47. The highest BCUT2D eigenvalue weighted by atomic mass is 35.5. The van der Waals surface area contributed by atoms with Gasteiger partial charge in [-0.1, -0.05) is 35.5 Å². The van der Waals surface area contributed by atoms with Crippen molar-refractivity contribution in [3.8, 4) is 5.75 Å². The summed E-state index contributed by atoms with van der Waals surface area (Å²) in [6.07, 6.45) is 8.16. The van der Waals surface area contributed by atoms with Gasteiger partial charge in [0.05, 0.1) is 36.1 Å². The molecule has 4 aromatic rings. The number of nitrogens with zero attached hydrogens (tertiary/aromatic N) is 4. The Labute approximate surface area is 233 Å². The summed E-state index contributed by atoms with van der Waals surface area (Å²) in [5.74, 6) is 3.34. The van der Waals surface area contributed by atoms with Crippen LogP contribution >= 0.6 is 23.4 Å². The number of anilines is 1. The number of halogens is 1. The number of imidazole rings is 1. The maximum absolute atomic E-state index is 6.79. The first-order valence-electron chi connectivity index (χ1n) is 13.2. The maximum atomic E-state index is 6.79. The highest BCUT2D eigenvalue weighted by Crippen LogP contribution is 2.36. The Kier molecular flexibility index (Phi) is 8.72. The van der Waals surface area contributed by atoms with E-state index < -0.39 is 0 Å². The molecule has 0 unspecified atom stereocenters. The van der Waals surface area contributed by atoms with E-state index in [1.165, 1.54) is 11.8 Å². The quantitative estimate of drug-likeness (QED) is 0.232. The van der Waals surface area contributed by atoms with Gasteiger partial charge in [0.15, 0.2) is 0 Å². The van der Waals surface area contributed by atoms with Crippen LogP contribution in [0.15, 0.2) is 58.7 Å². The van der Waals surface area contributed by atoms with Crippen molar-refractivity contribution in [3.05, 3.63) is 65.2 Å². The lowest BCUT2D eigenvalue weighted by Crippen LogP contribution is -2.35. The van der Waals surface area contributed by atoms with E-state index in [-0.39, 0.29) is 0 Å². The largest absolute Gasteiger partial charge is 0.497 e. The van der Waals surface area contributed by atoms with Crippen LogP contribution in [-0.2, 0) is 11.2 Å². The number of hydrogen-bond acceptors (Lipinski definition) is 7. The molecule has 1 atom stereocenters. The van der Waals surface area contributed by atoms with Gasteiger partial charge in [0.25, 0.3) is 0 Å². The number of H-pyrrole nitrogens is 1. The Morgan fingerprint density at radius 3 is 2.74 bits per heavy atom. The molecule has 5 rings (SSSR count). The molecule has 38 heavy (non-hydrogen) atoms. The Morgan fingerprint density at radius 1 is 1.16 bits per heavy atom. The lowest BCUT2D eigenvalue weighted by Gasteiger charge is -2.33. The molecule has 0 spiro atoms. The minimum absolute atomic E-state index is 0.333. The topological polar surface area (TPSA) is 76.2 Å². The second-order valence-electron chi connectivity index (χ2n) is 9.73. The van der Waals surface area contributed by atoms with Crippen molar-refractivity contribution in [2.24, 2.45) is 5.92 Å². The van der Waals surface area contributed by atoms with Gasteiger partial charge in [0, 0.05) is 31.0 Å². The Morgan fingerprint density at radius 2 is 2.00 bits per heavy atom. The molecule has 0 bridgehead atoms. The molecule has 0 amide bonds. The van der Waals surface area contributed by atoms with E-state index in [2.05, 4.69) is 34.8 Å². The maximum Gasteiger partial charge on any atom is 0.147 e. The number of aromatic amines is 1. The van der Waals surface area contributed by atoms with E-state index in [4.69, 9.17) is 31.0 Å². The van der Waals surface area contributed by atoms with Gasteiger partial charge in [-0.25, -0.2) is 15.0 Å². The van der Waals surface area contributed by atoms with E-state index >= 15 is 0 Å². The van der Waals surface area contributed by atoms with Crippen LogP contribution in [0.3, 0.4) is 0 Å². The Bertz CT molecular complexity index is 1360.